The number of hydrogen-bond acceptors (Lipinski definition) is 12. The van der Waals surface area contributed by atoms with Crippen molar-refractivity contribution in [1.82, 2.24) is 0 Å². The minimum absolute atomic E-state index is 0.226. The van der Waals surface area contributed by atoms with E-state index in [2.05, 4.69) is 6.07 Å². The first kappa shape index (κ1) is 31.3. The van der Waals surface area contributed by atoms with Crippen molar-refractivity contribution in [3.8, 4) is 0 Å². The second kappa shape index (κ2) is 10.6. The van der Waals surface area contributed by atoms with Crippen LogP contribution in [0, 0.1) is 0 Å². The lowest BCUT2D eigenvalue weighted by Gasteiger charge is -2.44. The van der Waals surface area contributed by atoms with E-state index in [0.717, 1.165) is 11.1 Å². The summed E-state index contributed by atoms with van der Waals surface area (Å²) in [7, 11) is 0. The van der Waals surface area contributed by atoms with E-state index in [0.29, 0.717) is 13.2 Å². The van der Waals surface area contributed by atoms with Crippen LogP contribution in [0.1, 0.15) is 66.5 Å². The Morgan fingerprint density at radius 2 is 1.02 bits per heavy atom. The van der Waals surface area contributed by atoms with Crippen molar-refractivity contribution >= 4 is 0 Å². The standard InChI is InChI=1S/C32H46O12/c1-27(2)37-17-31(43-27)25(23-21(15-35-31)39-29(5,6)41-23)33-13-19-10-9-11-20(12-19)14-34-26-24-22(40-30(7,8)42-24)16-36-32(26)18-38-28(3,4)44-32/h9-12,21-26H,13-18H2,1-8H3/t21-,22-,23-,24-,25+,26+,31+,32+/m1/s1. The fourth-order valence-electron chi connectivity index (χ4n) is 7.15. The van der Waals surface area contributed by atoms with Crippen LogP contribution in [-0.2, 0) is 70.1 Å². The quantitative estimate of drug-likeness (QED) is 0.463. The van der Waals surface area contributed by atoms with Crippen molar-refractivity contribution in [3.05, 3.63) is 35.4 Å². The van der Waals surface area contributed by atoms with Crippen LogP contribution in [0.4, 0.5) is 0 Å². The highest BCUT2D eigenvalue weighted by molar-refractivity contribution is 5.23. The molecule has 6 aliphatic heterocycles. The predicted octanol–water partition coefficient (Wildman–Crippen LogP) is 3.52. The normalized spacial score (nSPS) is 43.0. The summed E-state index contributed by atoms with van der Waals surface area (Å²) in [5, 5.41) is 0. The highest BCUT2D eigenvalue weighted by atomic mass is 16.9. The number of ether oxygens (including phenoxy) is 12. The highest BCUT2D eigenvalue weighted by Gasteiger charge is 2.64. The summed E-state index contributed by atoms with van der Waals surface area (Å²) in [5.74, 6) is -5.35. The molecule has 0 bridgehead atoms. The lowest BCUT2D eigenvalue weighted by atomic mass is 9.96. The van der Waals surface area contributed by atoms with Crippen molar-refractivity contribution in [3.63, 3.8) is 0 Å². The molecule has 0 N–H and O–H groups in total. The van der Waals surface area contributed by atoms with Gasteiger partial charge in [0.1, 0.15) is 49.8 Å². The third-order valence-electron chi connectivity index (χ3n) is 8.82. The maximum atomic E-state index is 6.57. The molecule has 7 rings (SSSR count). The number of rotatable bonds is 6. The van der Waals surface area contributed by atoms with Crippen LogP contribution in [0.5, 0.6) is 0 Å². The summed E-state index contributed by atoms with van der Waals surface area (Å²) in [6, 6.07) is 8.06. The largest absolute Gasteiger partial charge is 0.365 e. The maximum Gasteiger partial charge on any atom is 0.224 e. The highest BCUT2D eigenvalue weighted by Crippen LogP contribution is 2.47. The summed E-state index contributed by atoms with van der Waals surface area (Å²) in [4.78, 5) is 0. The van der Waals surface area contributed by atoms with Gasteiger partial charge in [-0.3, -0.25) is 0 Å². The Morgan fingerprint density at radius 1 is 0.591 bits per heavy atom. The van der Waals surface area contributed by atoms with Crippen LogP contribution >= 0.6 is 0 Å². The molecule has 0 saturated carbocycles. The van der Waals surface area contributed by atoms with Crippen LogP contribution < -0.4 is 0 Å². The average Bonchev–Trinajstić information content (AvgIpc) is 3.62. The van der Waals surface area contributed by atoms with Gasteiger partial charge in [0.15, 0.2) is 23.1 Å². The predicted molar refractivity (Wildman–Crippen MR) is 151 cm³/mol. The van der Waals surface area contributed by atoms with E-state index in [9.17, 15) is 0 Å². The summed E-state index contributed by atoms with van der Waals surface area (Å²) in [5.41, 5.74) is 1.91. The fourth-order valence-corrected chi connectivity index (χ4v) is 7.15. The molecule has 0 aromatic heterocycles. The van der Waals surface area contributed by atoms with Crippen LogP contribution in [0.15, 0.2) is 24.3 Å². The zero-order valence-corrected chi connectivity index (χ0v) is 26.9. The third kappa shape index (κ3) is 5.86. The SMILES string of the molecule is CC1(C)O[C@@H]2[C@@H](CO[C@]3(COC(C)(C)O3)[C@H]2OCc2cccc(CO[C@H]3[C@@H]4OC(C)(C)O[C@@H]4CO[C@]34COC(C)(C)O4)c2)O1. The van der Waals surface area contributed by atoms with E-state index in [-0.39, 0.29) is 50.8 Å². The summed E-state index contributed by atoms with van der Waals surface area (Å²) >= 11 is 0. The maximum absolute atomic E-state index is 6.57. The lowest BCUT2D eigenvalue weighted by molar-refractivity contribution is -0.336. The van der Waals surface area contributed by atoms with Gasteiger partial charge in [0, 0.05) is 0 Å². The van der Waals surface area contributed by atoms with Gasteiger partial charge in [-0.25, -0.2) is 0 Å². The molecule has 0 unspecified atom stereocenters. The van der Waals surface area contributed by atoms with E-state index in [1.54, 1.807) is 0 Å². The average molecular weight is 623 g/mol. The molecular formula is C32H46O12. The van der Waals surface area contributed by atoms with Crippen molar-refractivity contribution in [2.45, 2.75) is 140 Å². The van der Waals surface area contributed by atoms with E-state index in [4.69, 9.17) is 56.8 Å². The molecule has 6 aliphatic rings. The minimum Gasteiger partial charge on any atom is -0.365 e. The summed E-state index contributed by atoms with van der Waals surface area (Å²) in [6.45, 7) is 16.7. The Kier molecular flexibility index (Phi) is 7.57. The van der Waals surface area contributed by atoms with Gasteiger partial charge in [-0.1, -0.05) is 24.3 Å². The molecular weight excluding hydrogens is 576 g/mol. The van der Waals surface area contributed by atoms with Gasteiger partial charge >= 0.3 is 0 Å². The Hall–Kier alpha value is -1.26. The van der Waals surface area contributed by atoms with E-state index >= 15 is 0 Å². The molecule has 246 valence electrons. The van der Waals surface area contributed by atoms with Crippen molar-refractivity contribution in [2.75, 3.05) is 26.4 Å². The molecule has 0 amide bonds. The Balaban J connectivity index is 1.06. The Labute approximate surface area is 258 Å². The van der Waals surface area contributed by atoms with Gasteiger partial charge in [-0.15, -0.1) is 0 Å². The molecule has 1 aromatic carbocycles. The zero-order chi connectivity index (χ0) is 31.2. The van der Waals surface area contributed by atoms with Crippen LogP contribution in [0.2, 0.25) is 0 Å². The first-order valence-corrected chi connectivity index (χ1v) is 15.6. The molecule has 8 atom stereocenters. The zero-order valence-electron chi connectivity index (χ0n) is 26.9. The molecule has 0 radical (unpaired) electrons. The topological polar surface area (TPSA) is 111 Å². The van der Waals surface area contributed by atoms with Crippen LogP contribution in [0.3, 0.4) is 0 Å². The van der Waals surface area contributed by atoms with E-state index in [1.165, 1.54) is 0 Å². The van der Waals surface area contributed by atoms with E-state index in [1.807, 2.05) is 73.6 Å². The van der Waals surface area contributed by atoms with Crippen molar-refractivity contribution in [1.29, 1.82) is 0 Å². The molecule has 1 aromatic rings. The second-order valence-corrected chi connectivity index (χ2v) is 14.4. The molecule has 12 heteroatoms. The van der Waals surface area contributed by atoms with Gasteiger partial charge in [-0.05, 0) is 66.5 Å². The Bertz CT molecular complexity index is 1140. The second-order valence-electron chi connectivity index (χ2n) is 14.4. The van der Waals surface area contributed by atoms with Crippen LogP contribution in [0.25, 0.3) is 0 Å². The van der Waals surface area contributed by atoms with Crippen molar-refractivity contribution in [2.24, 2.45) is 0 Å². The van der Waals surface area contributed by atoms with Gasteiger partial charge in [0.25, 0.3) is 0 Å². The van der Waals surface area contributed by atoms with Gasteiger partial charge < -0.3 is 56.8 Å². The number of fused-ring (bicyclic) bond motifs is 2. The van der Waals surface area contributed by atoms with Crippen LogP contribution in [-0.4, -0.2) is 97.8 Å². The van der Waals surface area contributed by atoms with E-state index < -0.39 is 46.9 Å². The smallest absolute Gasteiger partial charge is 0.224 e. The van der Waals surface area contributed by atoms with Crippen molar-refractivity contribution < 1.29 is 56.8 Å². The summed E-state index contributed by atoms with van der Waals surface area (Å²) in [6.07, 6.45) is -2.47. The number of benzene rings is 1. The molecule has 6 saturated heterocycles. The third-order valence-corrected chi connectivity index (χ3v) is 8.82. The molecule has 2 spiro atoms. The minimum atomic E-state index is -1.10. The first-order valence-electron chi connectivity index (χ1n) is 15.6. The molecule has 0 aliphatic carbocycles. The number of hydrogen-bond donors (Lipinski definition) is 0. The molecule has 6 fully saturated rings. The summed E-state index contributed by atoms with van der Waals surface area (Å²) < 4.78 is 75.0. The molecule has 12 nitrogen and oxygen atoms in total. The van der Waals surface area contributed by atoms with Gasteiger partial charge in [0.2, 0.25) is 11.6 Å². The molecule has 44 heavy (non-hydrogen) atoms. The lowest BCUT2D eigenvalue weighted by Crippen LogP contribution is -2.62. The fraction of sp³-hybridized carbons (Fsp3) is 0.812. The van der Waals surface area contributed by atoms with Gasteiger partial charge in [0.05, 0.1) is 26.4 Å². The first-order chi connectivity index (χ1) is 20.6. The monoisotopic (exact) mass is 622 g/mol. The Morgan fingerprint density at radius 3 is 1.41 bits per heavy atom. The van der Waals surface area contributed by atoms with Gasteiger partial charge in [-0.2, -0.15) is 0 Å². The molecule has 6 heterocycles.